The minimum atomic E-state index is -0.0788. The molecule has 1 aromatic rings. The van der Waals surface area contributed by atoms with Gasteiger partial charge < -0.3 is 10.1 Å². The molecule has 1 aromatic carbocycles. The zero-order valence-electron chi connectivity index (χ0n) is 13.2. The van der Waals surface area contributed by atoms with Gasteiger partial charge in [-0.15, -0.1) is 11.8 Å². The number of ether oxygens (including phenoxy) is 1. The van der Waals surface area contributed by atoms with Crippen LogP contribution < -0.4 is 5.32 Å². The summed E-state index contributed by atoms with van der Waals surface area (Å²) in [5.74, 6) is 0.925. The third kappa shape index (κ3) is 4.75. The van der Waals surface area contributed by atoms with Gasteiger partial charge in [-0.25, -0.2) is 0 Å². The average molecular weight is 307 g/mol. The maximum Gasteiger partial charge on any atom is 0.306 e. The molecule has 0 aromatic heterocycles. The van der Waals surface area contributed by atoms with E-state index in [9.17, 15) is 4.79 Å². The number of rotatable bonds is 8. The van der Waals surface area contributed by atoms with Crippen LogP contribution >= 0.6 is 11.8 Å². The van der Waals surface area contributed by atoms with Crippen molar-refractivity contribution in [2.45, 2.75) is 44.6 Å². The van der Waals surface area contributed by atoms with Gasteiger partial charge in [0.25, 0.3) is 0 Å². The number of nitrogens with one attached hydrogen (secondary N) is 1. The van der Waals surface area contributed by atoms with Crippen LogP contribution in [0.25, 0.3) is 0 Å². The summed E-state index contributed by atoms with van der Waals surface area (Å²) in [6, 6.07) is 6.63. The van der Waals surface area contributed by atoms with E-state index in [-0.39, 0.29) is 11.4 Å². The molecule has 0 spiro atoms. The van der Waals surface area contributed by atoms with Crippen LogP contribution in [0, 0.1) is 12.3 Å². The van der Waals surface area contributed by atoms with Crippen molar-refractivity contribution in [3.63, 3.8) is 0 Å². The molecule has 0 radical (unpaired) electrons. The highest BCUT2D eigenvalue weighted by molar-refractivity contribution is 7.99. The Morgan fingerprint density at radius 3 is 2.81 bits per heavy atom. The summed E-state index contributed by atoms with van der Waals surface area (Å²) in [4.78, 5) is 12.8. The monoisotopic (exact) mass is 307 g/mol. The first-order valence-electron chi connectivity index (χ1n) is 7.58. The van der Waals surface area contributed by atoms with Crippen molar-refractivity contribution in [2.24, 2.45) is 5.41 Å². The van der Waals surface area contributed by atoms with E-state index in [1.807, 2.05) is 11.8 Å². The average Bonchev–Trinajstić information content (AvgIpc) is 3.23. The molecule has 0 saturated heterocycles. The Morgan fingerprint density at radius 1 is 1.43 bits per heavy atom. The summed E-state index contributed by atoms with van der Waals surface area (Å²) >= 11 is 1.88. The van der Waals surface area contributed by atoms with Crippen molar-refractivity contribution in [3.8, 4) is 0 Å². The number of carbonyl (C=O) groups is 1. The molecule has 4 heteroatoms. The van der Waals surface area contributed by atoms with E-state index in [4.69, 9.17) is 4.74 Å². The molecule has 2 rings (SSSR count). The van der Waals surface area contributed by atoms with Crippen molar-refractivity contribution in [2.75, 3.05) is 19.4 Å². The Balaban J connectivity index is 1.98. The van der Waals surface area contributed by atoms with Crippen LogP contribution in [-0.4, -0.2) is 25.4 Å². The summed E-state index contributed by atoms with van der Waals surface area (Å²) in [7, 11) is 1.47. The number of carbonyl (C=O) groups excluding carboxylic acids is 1. The second-order valence-corrected chi connectivity index (χ2v) is 6.95. The Kier molecular flexibility index (Phi) is 5.71. The first-order valence-corrected chi connectivity index (χ1v) is 8.57. The third-order valence-electron chi connectivity index (χ3n) is 4.02. The van der Waals surface area contributed by atoms with E-state index in [1.54, 1.807) is 0 Å². The van der Waals surface area contributed by atoms with Gasteiger partial charge in [0.15, 0.2) is 0 Å². The molecule has 3 nitrogen and oxygen atoms in total. The van der Waals surface area contributed by atoms with Crippen molar-refractivity contribution in [1.82, 2.24) is 5.32 Å². The molecular weight excluding hydrogens is 282 g/mol. The molecule has 0 aliphatic heterocycles. The summed E-state index contributed by atoms with van der Waals surface area (Å²) < 4.78 is 4.81. The molecule has 0 bridgehead atoms. The molecule has 1 aliphatic carbocycles. The molecule has 116 valence electrons. The number of thioether (sulfide) groups is 1. The fraction of sp³-hybridized carbons (Fsp3) is 0.588. The first-order chi connectivity index (χ1) is 10.1. The van der Waals surface area contributed by atoms with E-state index < -0.39 is 0 Å². The highest BCUT2D eigenvalue weighted by atomic mass is 32.2. The molecule has 1 aliphatic rings. The molecule has 21 heavy (non-hydrogen) atoms. The maximum atomic E-state index is 11.5. The molecule has 1 N–H and O–H groups in total. The van der Waals surface area contributed by atoms with Gasteiger partial charge >= 0.3 is 5.97 Å². The highest BCUT2D eigenvalue weighted by Crippen LogP contribution is 2.52. The second-order valence-electron chi connectivity index (χ2n) is 5.93. The third-order valence-corrected chi connectivity index (χ3v) is 5.49. The predicted molar refractivity (Wildman–Crippen MR) is 87.6 cm³/mol. The van der Waals surface area contributed by atoms with E-state index in [0.29, 0.717) is 6.42 Å². The SMILES string of the molecule is CCNCc1cc(C)ccc1SCC1(CC(=O)OC)CC1. The Bertz CT molecular complexity index is 498. The van der Waals surface area contributed by atoms with Crippen molar-refractivity contribution in [3.05, 3.63) is 29.3 Å². The van der Waals surface area contributed by atoms with Crippen LogP contribution in [0.5, 0.6) is 0 Å². The van der Waals surface area contributed by atoms with Crippen molar-refractivity contribution >= 4 is 17.7 Å². The summed E-state index contributed by atoms with van der Waals surface area (Å²) in [5, 5.41) is 3.40. The predicted octanol–water partition coefficient (Wildman–Crippen LogP) is 3.54. The molecule has 1 fully saturated rings. The molecular formula is C17H25NO2S. The Labute approximate surface area is 131 Å². The number of hydrogen-bond donors (Lipinski definition) is 1. The number of esters is 1. The standard InChI is InChI=1S/C17H25NO2S/c1-4-18-11-14-9-13(2)5-6-15(14)21-12-17(7-8-17)10-16(19)20-3/h5-6,9,18H,4,7-8,10-12H2,1-3H3. The van der Waals surface area contributed by atoms with Gasteiger partial charge in [0.2, 0.25) is 0 Å². The van der Waals surface area contributed by atoms with E-state index >= 15 is 0 Å². The second kappa shape index (κ2) is 7.32. The Hall–Kier alpha value is -1.00. The minimum absolute atomic E-state index is 0.0788. The lowest BCUT2D eigenvalue weighted by molar-refractivity contribution is -0.141. The number of methoxy groups -OCH3 is 1. The summed E-state index contributed by atoms with van der Waals surface area (Å²) in [6.45, 7) is 6.14. The van der Waals surface area contributed by atoms with E-state index in [2.05, 4.69) is 37.4 Å². The van der Waals surface area contributed by atoms with Gasteiger partial charge in [0, 0.05) is 17.2 Å². The lowest BCUT2D eigenvalue weighted by Gasteiger charge is -2.15. The lowest BCUT2D eigenvalue weighted by Crippen LogP contribution is -2.14. The van der Waals surface area contributed by atoms with Gasteiger partial charge in [-0.05, 0) is 43.4 Å². The van der Waals surface area contributed by atoms with E-state index in [0.717, 1.165) is 31.7 Å². The number of hydrogen-bond acceptors (Lipinski definition) is 4. The van der Waals surface area contributed by atoms with Crippen LogP contribution in [-0.2, 0) is 16.1 Å². The molecule has 0 amide bonds. The van der Waals surface area contributed by atoms with Gasteiger partial charge in [-0.3, -0.25) is 4.79 Å². The smallest absolute Gasteiger partial charge is 0.306 e. The first kappa shape index (κ1) is 16.4. The molecule has 0 unspecified atom stereocenters. The molecule has 0 heterocycles. The lowest BCUT2D eigenvalue weighted by atomic mass is 10.1. The number of benzene rings is 1. The number of aryl methyl sites for hydroxylation is 1. The quantitative estimate of drug-likeness (QED) is 0.589. The summed E-state index contributed by atoms with van der Waals surface area (Å²) in [6.07, 6.45) is 2.85. The maximum absolute atomic E-state index is 11.5. The van der Waals surface area contributed by atoms with Gasteiger partial charge in [0.05, 0.1) is 13.5 Å². The van der Waals surface area contributed by atoms with Crippen LogP contribution in [0.3, 0.4) is 0 Å². The zero-order chi connectivity index (χ0) is 15.3. The largest absolute Gasteiger partial charge is 0.469 e. The fourth-order valence-corrected chi connectivity index (χ4v) is 3.74. The zero-order valence-corrected chi connectivity index (χ0v) is 14.0. The summed E-state index contributed by atoms with van der Waals surface area (Å²) in [5.41, 5.74) is 2.83. The molecule has 0 atom stereocenters. The topological polar surface area (TPSA) is 38.3 Å². The minimum Gasteiger partial charge on any atom is -0.469 e. The normalized spacial score (nSPS) is 15.8. The highest BCUT2D eigenvalue weighted by Gasteiger charge is 2.44. The van der Waals surface area contributed by atoms with Crippen molar-refractivity contribution < 1.29 is 9.53 Å². The van der Waals surface area contributed by atoms with Crippen LogP contribution in [0.4, 0.5) is 0 Å². The van der Waals surface area contributed by atoms with Gasteiger partial charge in [0.1, 0.15) is 0 Å². The van der Waals surface area contributed by atoms with Crippen LogP contribution in [0.15, 0.2) is 23.1 Å². The fourth-order valence-electron chi connectivity index (χ4n) is 2.40. The van der Waals surface area contributed by atoms with Gasteiger partial charge in [-0.2, -0.15) is 0 Å². The van der Waals surface area contributed by atoms with Crippen LogP contribution in [0.2, 0.25) is 0 Å². The Morgan fingerprint density at radius 2 is 2.19 bits per heavy atom. The van der Waals surface area contributed by atoms with E-state index in [1.165, 1.54) is 23.1 Å². The molecule has 1 saturated carbocycles. The van der Waals surface area contributed by atoms with Crippen LogP contribution in [0.1, 0.15) is 37.3 Å². The van der Waals surface area contributed by atoms with Crippen molar-refractivity contribution in [1.29, 1.82) is 0 Å². The van der Waals surface area contributed by atoms with Gasteiger partial charge in [-0.1, -0.05) is 24.6 Å².